The first kappa shape index (κ1) is 17.0. The second-order valence-electron chi connectivity index (χ2n) is 6.41. The quantitative estimate of drug-likeness (QED) is 0.784. The summed E-state index contributed by atoms with van der Waals surface area (Å²) >= 11 is 0. The molecule has 122 valence electrons. The molecule has 4 nitrogen and oxygen atoms in total. The minimum absolute atomic E-state index is 0.117. The van der Waals surface area contributed by atoms with Gasteiger partial charge in [0.05, 0.1) is 13.5 Å². The molecule has 0 bridgehead atoms. The Morgan fingerprint density at radius 3 is 2.52 bits per heavy atom. The number of esters is 1. The van der Waals surface area contributed by atoms with Crippen LogP contribution in [0.5, 0.6) is 5.75 Å². The minimum atomic E-state index is -0.495. The second kappa shape index (κ2) is 7.27. The van der Waals surface area contributed by atoms with Crippen LogP contribution in [0, 0.1) is 0 Å². The standard InChI is InChI=1S/C19H23NO3/c1-19(2,3)23-18(21)12-17(15-8-6-10-20-13-15)14-7-5-9-16(11-14)22-4/h5-11,13,17H,12H2,1-4H3/t17-/m1/s1. The third-order valence-corrected chi connectivity index (χ3v) is 3.37. The summed E-state index contributed by atoms with van der Waals surface area (Å²) < 4.78 is 10.8. The van der Waals surface area contributed by atoms with Crippen LogP contribution in [0.1, 0.15) is 44.2 Å². The van der Waals surface area contributed by atoms with E-state index in [0.717, 1.165) is 16.9 Å². The number of nitrogens with zero attached hydrogens (tertiary/aromatic N) is 1. The van der Waals surface area contributed by atoms with Gasteiger partial charge in [-0.3, -0.25) is 9.78 Å². The van der Waals surface area contributed by atoms with Crippen LogP contribution in [0.15, 0.2) is 48.8 Å². The molecule has 0 saturated heterocycles. The first-order chi connectivity index (χ1) is 10.9. The molecule has 1 aromatic carbocycles. The summed E-state index contributed by atoms with van der Waals surface area (Å²) in [7, 11) is 1.63. The number of pyridine rings is 1. The fourth-order valence-electron chi connectivity index (χ4n) is 2.42. The highest BCUT2D eigenvalue weighted by atomic mass is 16.6. The molecule has 0 amide bonds. The maximum atomic E-state index is 12.3. The molecule has 0 radical (unpaired) electrons. The molecular formula is C19H23NO3. The van der Waals surface area contributed by atoms with Gasteiger partial charge >= 0.3 is 5.97 Å². The molecule has 0 aliphatic heterocycles. The van der Waals surface area contributed by atoms with Crippen LogP contribution in [0.2, 0.25) is 0 Å². The van der Waals surface area contributed by atoms with E-state index in [4.69, 9.17) is 9.47 Å². The summed E-state index contributed by atoms with van der Waals surface area (Å²) in [6.45, 7) is 5.61. The Morgan fingerprint density at radius 2 is 1.91 bits per heavy atom. The highest BCUT2D eigenvalue weighted by molar-refractivity contribution is 5.72. The van der Waals surface area contributed by atoms with Gasteiger partial charge in [0.25, 0.3) is 0 Å². The van der Waals surface area contributed by atoms with Gasteiger partial charge in [-0.2, -0.15) is 0 Å². The third-order valence-electron chi connectivity index (χ3n) is 3.37. The van der Waals surface area contributed by atoms with Crippen molar-refractivity contribution in [3.05, 3.63) is 59.9 Å². The van der Waals surface area contributed by atoms with Gasteiger partial charge in [-0.25, -0.2) is 0 Å². The zero-order valence-electron chi connectivity index (χ0n) is 14.1. The number of rotatable bonds is 5. The molecule has 0 fully saturated rings. The number of methoxy groups -OCH3 is 1. The topological polar surface area (TPSA) is 48.4 Å². The van der Waals surface area contributed by atoms with E-state index in [-0.39, 0.29) is 18.3 Å². The Kier molecular flexibility index (Phi) is 5.37. The molecule has 2 aromatic rings. The van der Waals surface area contributed by atoms with E-state index >= 15 is 0 Å². The zero-order chi connectivity index (χ0) is 16.9. The van der Waals surface area contributed by atoms with E-state index in [9.17, 15) is 4.79 Å². The van der Waals surface area contributed by atoms with Gasteiger partial charge < -0.3 is 9.47 Å². The fraction of sp³-hybridized carbons (Fsp3) is 0.368. The number of benzene rings is 1. The van der Waals surface area contributed by atoms with E-state index in [0.29, 0.717) is 0 Å². The second-order valence-corrected chi connectivity index (χ2v) is 6.41. The first-order valence-corrected chi connectivity index (χ1v) is 7.65. The molecule has 2 rings (SSSR count). The molecule has 23 heavy (non-hydrogen) atoms. The van der Waals surface area contributed by atoms with Crippen molar-refractivity contribution < 1.29 is 14.3 Å². The SMILES string of the molecule is COc1cccc([C@@H](CC(=O)OC(C)(C)C)c2cccnc2)c1. The molecule has 1 heterocycles. The van der Waals surface area contributed by atoms with E-state index in [2.05, 4.69) is 4.98 Å². The third kappa shape index (κ3) is 5.09. The lowest BCUT2D eigenvalue weighted by Crippen LogP contribution is -2.25. The van der Waals surface area contributed by atoms with Gasteiger partial charge in [-0.15, -0.1) is 0 Å². The number of hydrogen-bond donors (Lipinski definition) is 0. The zero-order valence-corrected chi connectivity index (χ0v) is 14.1. The van der Waals surface area contributed by atoms with Gasteiger partial charge in [0, 0.05) is 18.3 Å². The number of carbonyl (C=O) groups excluding carboxylic acids is 1. The number of carbonyl (C=O) groups is 1. The Hall–Kier alpha value is -2.36. The molecule has 0 spiro atoms. The van der Waals surface area contributed by atoms with Gasteiger partial charge in [-0.1, -0.05) is 18.2 Å². The Bertz CT molecular complexity index is 647. The molecule has 0 aliphatic carbocycles. The highest BCUT2D eigenvalue weighted by Gasteiger charge is 2.23. The van der Waals surface area contributed by atoms with E-state index in [1.807, 2.05) is 57.2 Å². The number of ether oxygens (including phenoxy) is 2. The summed E-state index contributed by atoms with van der Waals surface area (Å²) in [6, 6.07) is 11.6. The Labute approximate surface area is 137 Å². The normalized spacial score (nSPS) is 12.5. The maximum absolute atomic E-state index is 12.3. The van der Waals surface area contributed by atoms with Crippen molar-refractivity contribution in [2.75, 3.05) is 7.11 Å². The lowest BCUT2D eigenvalue weighted by atomic mass is 9.89. The lowest BCUT2D eigenvalue weighted by Gasteiger charge is -2.23. The predicted octanol–water partition coefficient (Wildman–Crippen LogP) is 3.95. The number of aromatic nitrogens is 1. The van der Waals surface area contributed by atoms with Gasteiger partial charge in [0.15, 0.2) is 0 Å². The van der Waals surface area contributed by atoms with Gasteiger partial charge in [0.1, 0.15) is 11.4 Å². The van der Waals surface area contributed by atoms with E-state index in [1.54, 1.807) is 19.5 Å². The van der Waals surface area contributed by atoms with Crippen LogP contribution < -0.4 is 4.74 Å². The average Bonchev–Trinajstić information content (AvgIpc) is 2.52. The minimum Gasteiger partial charge on any atom is -0.497 e. The molecule has 0 N–H and O–H groups in total. The maximum Gasteiger partial charge on any atom is 0.307 e. The molecule has 0 aliphatic rings. The van der Waals surface area contributed by atoms with Crippen molar-refractivity contribution in [3.8, 4) is 5.75 Å². The largest absolute Gasteiger partial charge is 0.497 e. The van der Waals surface area contributed by atoms with Crippen molar-refractivity contribution in [2.24, 2.45) is 0 Å². The van der Waals surface area contributed by atoms with Crippen LogP contribution in [-0.2, 0) is 9.53 Å². The van der Waals surface area contributed by atoms with Crippen molar-refractivity contribution in [3.63, 3.8) is 0 Å². The van der Waals surface area contributed by atoms with Gasteiger partial charge in [-0.05, 0) is 50.1 Å². The van der Waals surface area contributed by atoms with Crippen LogP contribution >= 0.6 is 0 Å². The molecule has 1 aromatic heterocycles. The molecule has 0 saturated carbocycles. The summed E-state index contributed by atoms with van der Waals surface area (Å²) in [4.78, 5) is 16.5. The molecule has 1 atom stereocenters. The van der Waals surface area contributed by atoms with Crippen molar-refractivity contribution in [1.82, 2.24) is 4.98 Å². The summed E-state index contributed by atoms with van der Waals surface area (Å²) in [6.07, 6.45) is 3.77. The van der Waals surface area contributed by atoms with E-state index in [1.165, 1.54) is 0 Å². The Balaban J connectivity index is 2.31. The van der Waals surface area contributed by atoms with Gasteiger partial charge in [0.2, 0.25) is 0 Å². The smallest absolute Gasteiger partial charge is 0.307 e. The summed E-state index contributed by atoms with van der Waals surface area (Å²) in [5, 5.41) is 0. The van der Waals surface area contributed by atoms with Crippen LogP contribution in [0.4, 0.5) is 0 Å². The first-order valence-electron chi connectivity index (χ1n) is 7.65. The van der Waals surface area contributed by atoms with Crippen LogP contribution in [0.25, 0.3) is 0 Å². The highest BCUT2D eigenvalue weighted by Crippen LogP contribution is 2.30. The van der Waals surface area contributed by atoms with Crippen molar-refractivity contribution in [1.29, 1.82) is 0 Å². The van der Waals surface area contributed by atoms with E-state index < -0.39 is 5.60 Å². The molecule has 4 heteroatoms. The number of hydrogen-bond acceptors (Lipinski definition) is 4. The average molecular weight is 313 g/mol. The van der Waals surface area contributed by atoms with Crippen LogP contribution in [0.3, 0.4) is 0 Å². The lowest BCUT2D eigenvalue weighted by molar-refractivity contribution is -0.155. The Morgan fingerprint density at radius 1 is 1.17 bits per heavy atom. The van der Waals surface area contributed by atoms with Crippen molar-refractivity contribution in [2.45, 2.75) is 38.7 Å². The van der Waals surface area contributed by atoms with Crippen molar-refractivity contribution >= 4 is 5.97 Å². The molecule has 0 unspecified atom stereocenters. The monoisotopic (exact) mass is 313 g/mol. The fourth-order valence-corrected chi connectivity index (χ4v) is 2.42. The molecular weight excluding hydrogens is 290 g/mol. The summed E-state index contributed by atoms with van der Waals surface area (Å²) in [5.41, 5.74) is 1.49. The predicted molar refractivity (Wildman–Crippen MR) is 89.5 cm³/mol. The summed E-state index contributed by atoms with van der Waals surface area (Å²) in [5.74, 6) is 0.420. The van der Waals surface area contributed by atoms with Crippen LogP contribution in [-0.4, -0.2) is 23.7 Å².